The van der Waals surface area contributed by atoms with Crippen LogP contribution in [-0.4, -0.2) is 83.8 Å². The van der Waals surface area contributed by atoms with E-state index in [0.29, 0.717) is 37.3 Å². The Hall–Kier alpha value is -5.04. The average molecular weight is 635 g/mol. The van der Waals surface area contributed by atoms with Crippen LogP contribution >= 0.6 is 0 Å². The lowest BCUT2D eigenvalue weighted by Crippen LogP contribution is -2.50. The molecule has 0 aromatic heterocycles. The number of hydrogen-bond acceptors (Lipinski definition) is 4. The van der Waals surface area contributed by atoms with E-state index < -0.39 is 0 Å². The van der Waals surface area contributed by atoms with E-state index in [-0.39, 0.29) is 23.9 Å². The minimum atomic E-state index is -0.0151. The molecule has 2 heterocycles. The molecule has 0 atom stereocenters. The maximum Gasteiger partial charge on any atom is 0.253 e. The fourth-order valence-corrected chi connectivity index (χ4v) is 7.29. The summed E-state index contributed by atoms with van der Waals surface area (Å²) >= 11 is 0. The van der Waals surface area contributed by atoms with Crippen LogP contribution in [-0.2, 0) is 0 Å². The molecule has 0 aliphatic carbocycles. The minimum Gasteiger partial charge on any atom is -0.336 e. The normalized spacial score (nSPS) is 16.0. The number of piperazine rings is 2. The smallest absolute Gasteiger partial charge is 0.253 e. The van der Waals surface area contributed by atoms with Gasteiger partial charge in [0.2, 0.25) is 0 Å². The zero-order valence-electron chi connectivity index (χ0n) is 27.3. The second-order valence-electron chi connectivity index (χ2n) is 12.7. The zero-order chi connectivity index (χ0) is 32.7. The van der Waals surface area contributed by atoms with Gasteiger partial charge in [0.15, 0.2) is 0 Å². The molecule has 5 aromatic carbocycles. The Morgan fingerprint density at radius 2 is 0.667 bits per heavy atom. The van der Waals surface area contributed by atoms with Gasteiger partial charge in [-0.15, -0.1) is 0 Å². The first-order valence-corrected chi connectivity index (χ1v) is 17.0. The SMILES string of the molecule is O=C(c1cccc(C(=O)N2CCN(C(c3ccccc3)c3ccccc3)CC2)c1)N1CCN(C(c2ccccc2)c2ccccc2)CC1. The Kier molecular flexibility index (Phi) is 9.73. The summed E-state index contributed by atoms with van der Waals surface area (Å²) in [5.41, 5.74) is 6.17. The highest BCUT2D eigenvalue weighted by atomic mass is 16.2. The van der Waals surface area contributed by atoms with Crippen molar-refractivity contribution in [3.63, 3.8) is 0 Å². The van der Waals surface area contributed by atoms with Crippen molar-refractivity contribution in [3.8, 4) is 0 Å². The van der Waals surface area contributed by atoms with E-state index in [4.69, 9.17) is 0 Å². The van der Waals surface area contributed by atoms with Gasteiger partial charge in [-0.2, -0.15) is 0 Å². The van der Waals surface area contributed by atoms with E-state index in [9.17, 15) is 9.59 Å². The lowest BCUT2D eigenvalue weighted by molar-refractivity contribution is 0.0595. The van der Waals surface area contributed by atoms with Gasteiger partial charge in [0.05, 0.1) is 12.1 Å². The number of amides is 2. The molecule has 242 valence electrons. The Bertz CT molecular complexity index is 1570. The van der Waals surface area contributed by atoms with Gasteiger partial charge in [-0.1, -0.05) is 127 Å². The zero-order valence-corrected chi connectivity index (χ0v) is 27.3. The second kappa shape index (κ2) is 14.8. The van der Waals surface area contributed by atoms with Gasteiger partial charge >= 0.3 is 0 Å². The standard InChI is InChI=1S/C42H42N4O2/c47-41(45-28-24-43(25-29-45)39(33-14-5-1-6-15-33)34-16-7-2-8-17-34)37-22-13-23-38(32-37)42(48)46-30-26-44(27-31-46)40(35-18-9-3-10-19-35)36-20-11-4-12-21-36/h1-23,32,39-40H,24-31H2. The van der Waals surface area contributed by atoms with Gasteiger partial charge in [0.25, 0.3) is 11.8 Å². The van der Waals surface area contributed by atoms with Crippen LogP contribution in [0.25, 0.3) is 0 Å². The van der Waals surface area contributed by atoms with Gasteiger partial charge in [-0.3, -0.25) is 19.4 Å². The maximum absolute atomic E-state index is 13.7. The molecule has 2 amide bonds. The predicted molar refractivity (Wildman–Crippen MR) is 191 cm³/mol. The summed E-state index contributed by atoms with van der Waals surface area (Å²) in [4.78, 5) is 36.3. The summed E-state index contributed by atoms with van der Waals surface area (Å²) in [5, 5.41) is 0. The fraction of sp³-hybridized carbons (Fsp3) is 0.238. The molecule has 48 heavy (non-hydrogen) atoms. The molecule has 0 N–H and O–H groups in total. The van der Waals surface area contributed by atoms with Crippen LogP contribution in [0.1, 0.15) is 55.1 Å². The van der Waals surface area contributed by atoms with Gasteiger partial charge in [0, 0.05) is 63.5 Å². The van der Waals surface area contributed by atoms with Crippen LogP contribution < -0.4 is 0 Å². The molecule has 2 saturated heterocycles. The van der Waals surface area contributed by atoms with E-state index in [0.717, 1.165) is 26.2 Å². The molecule has 2 aliphatic rings. The van der Waals surface area contributed by atoms with Crippen LogP contribution in [0.2, 0.25) is 0 Å². The molecular formula is C42H42N4O2. The first-order valence-electron chi connectivity index (χ1n) is 17.0. The number of carbonyl (C=O) groups excluding carboxylic acids is 2. The fourth-order valence-electron chi connectivity index (χ4n) is 7.29. The molecule has 0 unspecified atom stereocenters. The Balaban J connectivity index is 0.991. The molecule has 0 saturated carbocycles. The van der Waals surface area contributed by atoms with Gasteiger partial charge < -0.3 is 9.80 Å². The minimum absolute atomic E-state index is 0.0151. The summed E-state index contributed by atoms with van der Waals surface area (Å²) in [6, 6.07) is 50.0. The number of nitrogens with zero attached hydrogens (tertiary/aromatic N) is 4. The van der Waals surface area contributed by atoms with Crippen LogP contribution in [0.3, 0.4) is 0 Å². The van der Waals surface area contributed by atoms with Crippen molar-refractivity contribution in [1.82, 2.24) is 19.6 Å². The molecule has 5 aromatic rings. The average Bonchev–Trinajstić information content (AvgIpc) is 3.17. The van der Waals surface area contributed by atoms with E-state index in [2.05, 4.69) is 107 Å². The third-order valence-electron chi connectivity index (χ3n) is 9.75. The van der Waals surface area contributed by atoms with E-state index in [1.165, 1.54) is 22.3 Å². The molecule has 0 bridgehead atoms. The first-order chi connectivity index (χ1) is 23.7. The topological polar surface area (TPSA) is 47.1 Å². The van der Waals surface area contributed by atoms with Crippen molar-refractivity contribution in [2.24, 2.45) is 0 Å². The summed E-state index contributed by atoms with van der Waals surface area (Å²) in [7, 11) is 0. The van der Waals surface area contributed by atoms with Gasteiger partial charge in [0.1, 0.15) is 0 Å². The molecule has 0 spiro atoms. The molecular weight excluding hydrogens is 592 g/mol. The first kappa shape index (κ1) is 31.6. The van der Waals surface area contributed by atoms with Gasteiger partial charge in [-0.05, 0) is 40.5 Å². The van der Waals surface area contributed by atoms with Crippen molar-refractivity contribution in [2.75, 3.05) is 52.4 Å². The van der Waals surface area contributed by atoms with Crippen molar-refractivity contribution >= 4 is 11.8 Å². The highest BCUT2D eigenvalue weighted by molar-refractivity contribution is 5.99. The number of hydrogen-bond donors (Lipinski definition) is 0. The van der Waals surface area contributed by atoms with E-state index >= 15 is 0 Å². The third-order valence-corrected chi connectivity index (χ3v) is 9.75. The number of rotatable bonds is 8. The van der Waals surface area contributed by atoms with Crippen molar-refractivity contribution in [2.45, 2.75) is 12.1 Å². The Labute approximate surface area is 283 Å². The van der Waals surface area contributed by atoms with E-state index in [1.54, 1.807) is 6.07 Å². The van der Waals surface area contributed by atoms with Crippen molar-refractivity contribution < 1.29 is 9.59 Å². The quantitative estimate of drug-likeness (QED) is 0.189. The van der Waals surface area contributed by atoms with Crippen LogP contribution in [0, 0.1) is 0 Å². The molecule has 2 aliphatic heterocycles. The molecule has 7 rings (SSSR count). The number of carbonyl (C=O) groups is 2. The Morgan fingerprint density at radius 3 is 0.958 bits per heavy atom. The molecule has 0 radical (unpaired) electrons. The maximum atomic E-state index is 13.7. The monoisotopic (exact) mass is 634 g/mol. The van der Waals surface area contributed by atoms with Crippen LogP contribution in [0.4, 0.5) is 0 Å². The molecule has 6 heteroatoms. The Morgan fingerprint density at radius 1 is 0.375 bits per heavy atom. The summed E-state index contributed by atoms with van der Waals surface area (Å²) in [5.74, 6) is -0.0303. The van der Waals surface area contributed by atoms with Gasteiger partial charge in [-0.25, -0.2) is 0 Å². The van der Waals surface area contributed by atoms with Crippen LogP contribution in [0.15, 0.2) is 146 Å². The highest BCUT2D eigenvalue weighted by Crippen LogP contribution is 2.31. The number of benzene rings is 5. The summed E-state index contributed by atoms with van der Waals surface area (Å²) < 4.78 is 0. The van der Waals surface area contributed by atoms with E-state index in [1.807, 2.05) is 52.3 Å². The summed E-state index contributed by atoms with van der Waals surface area (Å²) in [6.07, 6.45) is 0. The van der Waals surface area contributed by atoms with Crippen molar-refractivity contribution in [3.05, 3.63) is 179 Å². The molecule has 6 nitrogen and oxygen atoms in total. The second-order valence-corrected chi connectivity index (χ2v) is 12.7. The summed E-state index contributed by atoms with van der Waals surface area (Å²) in [6.45, 7) is 5.65. The lowest BCUT2D eigenvalue weighted by atomic mass is 9.96. The predicted octanol–water partition coefficient (Wildman–Crippen LogP) is 6.78. The van der Waals surface area contributed by atoms with Crippen LogP contribution in [0.5, 0.6) is 0 Å². The third kappa shape index (κ3) is 6.96. The lowest BCUT2D eigenvalue weighted by Gasteiger charge is -2.40. The molecule has 2 fully saturated rings. The van der Waals surface area contributed by atoms with Crippen molar-refractivity contribution in [1.29, 1.82) is 0 Å². The largest absolute Gasteiger partial charge is 0.336 e. The highest BCUT2D eigenvalue weighted by Gasteiger charge is 2.31.